The van der Waals surface area contributed by atoms with Gasteiger partial charge in [0, 0.05) is 19.0 Å². The van der Waals surface area contributed by atoms with Gasteiger partial charge in [-0.2, -0.15) is 18.3 Å². The highest BCUT2D eigenvalue weighted by Gasteiger charge is 2.42. The first kappa shape index (κ1) is 17.5. The number of morpholine rings is 1. The number of nitrogens with zero attached hydrogens (tertiary/aromatic N) is 3. The molecule has 1 aliphatic carbocycles. The lowest BCUT2D eigenvalue weighted by Gasteiger charge is -2.35. The summed E-state index contributed by atoms with van der Waals surface area (Å²) in [6.45, 7) is 4.32. The van der Waals surface area contributed by atoms with Gasteiger partial charge in [-0.25, -0.2) is 0 Å². The van der Waals surface area contributed by atoms with Gasteiger partial charge in [0.15, 0.2) is 5.69 Å². The minimum atomic E-state index is -4.63. The number of alkyl halides is 3. The summed E-state index contributed by atoms with van der Waals surface area (Å²) >= 11 is 5.92. The summed E-state index contributed by atoms with van der Waals surface area (Å²) in [7, 11) is 0. The zero-order chi connectivity index (χ0) is 17.6. The fourth-order valence-electron chi connectivity index (χ4n) is 3.11. The molecule has 2 unspecified atom stereocenters. The highest BCUT2D eigenvalue weighted by Crippen LogP contribution is 2.46. The van der Waals surface area contributed by atoms with Crippen LogP contribution in [0.1, 0.15) is 44.0 Å². The number of carbonyl (C=O) groups is 1. The maximum absolute atomic E-state index is 13.0. The Morgan fingerprint density at radius 2 is 1.88 bits per heavy atom. The van der Waals surface area contributed by atoms with Crippen LogP contribution in [0, 0.1) is 0 Å². The molecule has 9 heteroatoms. The van der Waals surface area contributed by atoms with Crippen molar-refractivity contribution < 1.29 is 22.7 Å². The molecule has 1 aromatic heterocycles. The van der Waals surface area contributed by atoms with Gasteiger partial charge in [-0.3, -0.25) is 9.48 Å². The van der Waals surface area contributed by atoms with Crippen LogP contribution in [0.15, 0.2) is 0 Å². The molecule has 0 radical (unpaired) electrons. The molecule has 2 fully saturated rings. The monoisotopic (exact) mass is 365 g/mol. The van der Waals surface area contributed by atoms with Crippen molar-refractivity contribution in [1.29, 1.82) is 0 Å². The third kappa shape index (κ3) is 3.54. The molecule has 2 heterocycles. The van der Waals surface area contributed by atoms with Gasteiger partial charge in [0.05, 0.1) is 22.9 Å². The number of ether oxygens (including phenoxy) is 1. The molecule has 2 atom stereocenters. The topological polar surface area (TPSA) is 47.4 Å². The Morgan fingerprint density at radius 3 is 2.38 bits per heavy atom. The molecule has 1 aliphatic heterocycles. The zero-order valence-electron chi connectivity index (χ0n) is 13.4. The third-order valence-corrected chi connectivity index (χ3v) is 4.59. The Morgan fingerprint density at radius 1 is 1.29 bits per heavy atom. The highest BCUT2D eigenvalue weighted by molar-refractivity contribution is 6.32. The van der Waals surface area contributed by atoms with Crippen LogP contribution in [0.2, 0.25) is 5.02 Å². The minimum Gasteiger partial charge on any atom is -0.372 e. The second-order valence-corrected chi connectivity index (χ2v) is 6.91. The van der Waals surface area contributed by atoms with Gasteiger partial charge < -0.3 is 9.64 Å². The number of hydrogen-bond donors (Lipinski definition) is 0. The van der Waals surface area contributed by atoms with Crippen molar-refractivity contribution in [1.82, 2.24) is 14.7 Å². The summed E-state index contributed by atoms with van der Waals surface area (Å²) in [5, 5.41) is 3.22. The van der Waals surface area contributed by atoms with E-state index >= 15 is 0 Å². The lowest BCUT2D eigenvalue weighted by atomic mass is 10.2. The Kier molecular flexibility index (Phi) is 4.55. The van der Waals surface area contributed by atoms with Crippen molar-refractivity contribution in [3.05, 3.63) is 16.4 Å². The first-order valence-electron chi connectivity index (χ1n) is 7.93. The Bertz CT molecular complexity index is 633. The van der Waals surface area contributed by atoms with Crippen LogP contribution in [0.4, 0.5) is 13.2 Å². The second kappa shape index (κ2) is 6.22. The average Bonchev–Trinajstić information content (AvgIpc) is 3.21. The molecular formula is C15H19ClF3N3O2. The summed E-state index contributed by atoms with van der Waals surface area (Å²) in [6.07, 6.45) is -3.30. The Labute approximate surface area is 142 Å². The molecule has 2 aliphatic rings. The van der Waals surface area contributed by atoms with E-state index in [1.807, 2.05) is 13.8 Å². The zero-order valence-corrected chi connectivity index (χ0v) is 14.2. The predicted octanol–water partition coefficient (Wildman–Crippen LogP) is 3.07. The fraction of sp³-hybridized carbons (Fsp3) is 0.733. The maximum Gasteiger partial charge on any atom is 0.436 e. The van der Waals surface area contributed by atoms with Gasteiger partial charge in [-0.15, -0.1) is 0 Å². The summed E-state index contributed by atoms with van der Waals surface area (Å²) in [5.41, 5.74) is -0.783. The van der Waals surface area contributed by atoms with Gasteiger partial charge >= 0.3 is 6.18 Å². The van der Waals surface area contributed by atoms with Crippen molar-refractivity contribution >= 4 is 17.5 Å². The third-order valence-electron chi connectivity index (χ3n) is 4.22. The van der Waals surface area contributed by atoms with Crippen LogP contribution in [0.25, 0.3) is 0 Å². The molecule has 1 saturated heterocycles. The standard InChI is InChI=1S/C15H19ClF3N3O2/c1-8-5-21(6-9(2)24-8)11(23)7-22-13(10-3-4-10)12(16)14(20-22)15(17,18)19/h8-10H,3-7H2,1-2H3. The lowest BCUT2D eigenvalue weighted by Crippen LogP contribution is -2.49. The number of carbonyl (C=O) groups excluding carboxylic acids is 1. The summed E-state index contributed by atoms with van der Waals surface area (Å²) in [6, 6.07) is 0. The van der Waals surface area contributed by atoms with Crippen LogP contribution in [-0.4, -0.2) is 45.9 Å². The molecule has 0 aromatic carbocycles. The van der Waals surface area contributed by atoms with Gasteiger partial charge in [0.25, 0.3) is 0 Å². The largest absolute Gasteiger partial charge is 0.436 e. The van der Waals surface area contributed by atoms with Crippen molar-refractivity contribution in [2.45, 2.75) is 57.5 Å². The van der Waals surface area contributed by atoms with Crippen LogP contribution >= 0.6 is 11.6 Å². The van der Waals surface area contributed by atoms with Gasteiger partial charge in [-0.05, 0) is 26.7 Å². The van der Waals surface area contributed by atoms with E-state index in [0.29, 0.717) is 18.8 Å². The van der Waals surface area contributed by atoms with E-state index in [1.54, 1.807) is 4.90 Å². The Balaban J connectivity index is 1.83. The van der Waals surface area contributed by atoms with Crippen LogP contribution in [0.3, 0.4) is 0 Å². The molecule has 1 aromatic rings. The molecule has 1 amide bonds. The van der Waals surface area contributed by atoms with Gasteiger partial charge in [0.1, 0.15) is 6.54 Å². The van der Waals surface area contributed by atoms with E-state index in [2.05, 4.69) is 5.10 Å². The van der Waals surface area contributed by atoms with E-state index in [-0.39, 0.29) is 35.6 Å². The van der Waals surface area contributed by atoms with E-state index in [9.17, 15) is 18.0 Å². The van der Waals surface area contributed by atoms with Crippen LogP contribution in [0.5, 0.6) is 0 Å². The smallest absolute Gasteiger partial charge is 0.372 e. The molecule has 5 nitrogen and oxygen atoms in total. The summed E-state index contributed by atoms with van der Waals surface area (Å²) < 4.78 is 45.9. The summed E-state index contributed by atoms with van der Waals surface area (Å²) in [4.78, 5) is 14.1. The normalized spacial score (nSPS) is 25.2. The van der Waals surface area contributed by atoms with Gasteiger partial charge in [-0.1, -0.05) is 11.6 Å². The fourth-order valence-corrected chi connectivity index (χ4v) is 3.51. The molecule has 134 valence electrons. The lowest BCUT2D eigenvalue weighted by molar-refractivity contribution is -0.145. The van der Waals surface area contributed by atoms with Crippen LogP contribution in [-0.2, 0) is 22.3 Å². The Hall–Kier alpha value is -1.28. The van der Waals surface area contributed by atoms with Gasteiger partial charge in [0.2, 0.25) is 5.91 Å². The van der Waals surface area contributed by atoms with Crippen molar-refractivity contribution in [3.63, 3.8) is 0 Å². The molecule has 0 N–H and O–H groups in total. The van der Waals surface area contributed by atoms with E-state index in [4.69, 9.17) is 16.3 Å². The molecule has 1 saturated carbocycles. The number of rotatable bonds is 3. The van der Waals surface area contributed by atoms with E-state index < -0.39 is 11.9 Å². The first-order valence-corrected chi connectivity index (χ1v) is 8.31. The van der Waals surface area contributed by atoms with E-state index in [0.717, 1.165) is 17.5 Å². The first-order chi connectivity index (χ1) is 11.2. The maximum atomic E-state index is 13.0. The van der Waals surface area contributed by atoms with Crippen molar-refractivity contribution in [2.75, 3.05) is 13.1 Å². The predicted molar refractivity (Wildman–Crippen MR) is 80.8 cm³/mol. The minimum absolute atomic E-state index is 0.0450. The van der Waals surface area contributed by atoms with Crippen molar-refractivity contribution in [2.24, 2.45) is 0 Å². The van der Waals surface area contributed by atoms with Crippen molar-refractivity contribution in [3.8, 4) is 0 Å². The second-order valence-electron chi connectivity index (χ2n) is 6.53. The molecule has 3 rings (SSSR count). The molecule has 0 spiro atoms. The number of halogens is 4. The van der Waals surface area contributed by atoms with Crippen LogP contribution < -0.4 is 0 Å². The quantitative estimate of drug-likeness (QED) is 0.827. The highest BCUT2D eigenvalue weighted by atomic mass is 35.5. The molecular weight excluding hydrogens is 347 g/mol. The number of aromatic nitrogens is 2. The van der Waals surface area contributed by atoms with E-state index in [1.165, 1.54) is 0 Å². The average molecular weight is 366 g/mol. The summed E-state index contributed by atoms with van der Waals surface area (Å²) in [5.74, 6) is -0.316. The number of amides is 1. The SMILES string of the molecule is CC1CN(C(=O)Cn2nc(C(F)(F)F)c(Cl)c2C2CC2)CC(C)O1. The molecule has 0 bridgehead atoms. The molecule has 24 heavy (non-hydrogen) atoms. The number of hydrogen-bond acceptors (Lipinski definition) is 3.